The molecule has 0 bridgehead atoms. The molecule has 2 aromatic heterocycles. The van der Waals surface area contributed by atoms with Crippen molar-refractivity contribution in [2.45, 2.75) is 43.3 Å². The van der Waals surface area contributed by atoms with Gasteiger partial charge in [-0.3, -0.25) is 14.5 Å². The summed E-state index contributed by atoms with van der Waals surface area (Å²) in [6.45, 7) is 0. The zero-order chi connectivity index (χ0) is 21.4. The van der Waals surface area contributed by atoms with E-state index >= 15 is 0 Å². The summed E-state index contributed by atoms with van der Waals surface area (Å²) in [5.74, 6) is -0.409. The fraction of sp³-hybridized carbons (Fsp3) is 0.318. The largest absolute Gasteiger partial charge is 0.326 e. The van der Waals surface area contributed by atoms with Gasteiger partial charge in [0.25, 0.3) is 0 Å². The summed E-state index contributed by atoms with van der Waals surface area (Å²) in [6.07, 6.45) is 7.28. The lowest BCUT2D eigenvalue weighted by molar-refractivity contribution is -0.117. The number of hydrogen-bond acceptors (Lipinski definition) is 6. The van der Waals surface area contributed by atoms with Gasteiger partial charge in [-0.2, -0.15) is 0 Å². The summed E-state index contributed by atoms with van der Waals surface area (Å²) < 4.78 is 27.1. The van der Waals surface area contributed by atoms with Crippen molar-refractivity contribution in [3.05, 3.63) is 59.4 Å². The number of carbonyl (C=O) groups excluding carboxylic acids is 1. The molecule has 5 rings (SSSR count). The Bertz CT molecular complexity index is 1200. The summed E-state index contributed by atoms with van der Waals surface area (Å²) in [4.78, 5) is 22.5. The van der Waals surface area contributed by atoms with E-state index in [-0.39, 0.29) is 17.1 Å². The SMILES string of the molecule is O=C(Nc1ccc(-c2cccnc2)cc1)C1CCCc2nc(NS(=O)(=O)C3CC3)sc21. The van der Waals surface area contributed by atoms with Crippen LogP contribution >= 0.6 is 11.3 Å². The van der Waals surface area contributed by atoms with E-state index in [0.717, 1.165) is 46.6 Å². The number of anilines is 2. The van der Waals surface area contributed by atoms with Gasteiger partial charge in [-0.05, 0) is 61.4 Å². The van der Waals surface area contributed by atoms with Crippen molar-refractivity contribution in [3.8, 4) is 11.1 Å². The zero-order valence-electron chi connectivity index (χ0n) is 16.7. The van der Waals surface area contributed by atoms with Gasteiger partial charge in [-0.15, -0.1) is 11.3 Å². The van der Waals surface area contributed by atoms with Gasteiger partial charge in [-0.25, -0.2) is 13.4 Å². The van der Waals surface area contributed by atoms with Crippen molar-refractivity contribution < 1.29 is 13.2 Å². The van der Waals surface area contributed by atoms with Gasteiger partial charge in [0.15, 0.2) is 5.13 Å². The molecule has 3 aromatic rings. The highest BCUT2D eigenvalue weighted by Crippen LogP contribution is 2.39. The number of nitrogens with one attached hydrogen (secondary N) is 2. The number of hydrogen-bond donors (Lipinski definition) is 2. The first-order chi connectivity index (χ1) is 15.0. The number of amides is 1. The first-order valence-electron chi connectivity index (χ1n) is 10.3. The van der Waals surface area contributed by atoms with Gasteiger partial charge in [0, 0.05) is 23.0 Å². The highest BCUT2D eigenvalue weighted by Gasteiger charge is 2.37. The third-order valence-corrected chi connectivity index (χ3v) is 8.69. The fourth-order valence-electron chi connectivity index (χ4n) is 3.81. The molecule has 1 fully saturated rings. The molecule has 0 aliphatic heterocycles. The number of pyridine rings is 1. The number of thiazole rings is 1. The second-order valence-electron chi connectivity index (χ2n) is 7.93. The Labute approximate surface area is 185 Å². The van der Waals surface area contributed by atoms with Gasteiger partial charge < -0.3 is 5.32 Å². The average Bonchev–Trinajstić information content (AvgIpc) is 3.56. The van der Waals surface area contributed by atoms with E-state index in [2.05, 4.69) is 20.0 Å². The predicted molar refractivity (Wildman–Crippen MR) is 122 cm³/mol. The standard InChI is InChI=1S/C22H22N4O3S2/c27-21(24-16-8-6-14(7-9-16)15-3-2-12-23-13-15)18-4-1-5-19-20(18)30-22(25-19)26-31(28,29)17-10-11-17/h2-3,6-9,12-13,17-18H,1,4-5,10-11H2,(H,24,27)(H,25,26). The van der Waals surface area contributed by atoms with Crippen LogP contribution in [0.1, 0.15) is 42.2 Å². The molecule has 1 aromatic carbocycles. The summed E-state index contributed by atoms with van der Waals surface area (Å²) in [5, 5.41) is 3.07. The van der Waals surface area contributed by atoms with Crippen molar-refractivity contribution in [1.29, 1.82) is 0 Å². The van der Waals surface area contributed by atoms with Gasteiger partial charge in [0.05, 0.1) is 16.9 Å². The van der Waals surface area contributed by atoms with E-state index in [1.807, 2.05) is 36.4 Å². The van der Waals surface area contributed by atoms with Crippen LogP contribution in [0.2, 0.25) is 0 Å². The molecule has 0 spiro atoms. The number of aromatic nitrogens is 2. The summed E-state index contributed by atoms with van der Waals surface area (Å²) in [6, 6.07) is 11.5. The van der Waals surface area contributed by atoms with Crippen LogP contribution in [0.5, 0.6) is 0 Å². The summed E-state index contributed by atoms with van der Waals surface area (Å²) in [5.41, 5.74) is 3.60. The van der Waals surface area contributed by atoms with Crippen LogP contribution in [0, 0.1) is 0 Å². The Morgan fingerprint density at radius 1 is 1.06 bits per heavy atom. The molecular formula is C22H22N4O3S2. The minimum absolute atomic E-state index is 0.0877. The zero-order valence-corrected chi connectivity index (χ0v) is 18.4. The predicted octanol–water partition coefficient (Wildman–Crippen LogP) is 4.17. The average molecular weight is 455 g/mol. The smallest absolute Gasteiger partial charge is 0.237 e. The monoisotopic (exact) mass is 454 g/mol. The van der Waals surface area contributed by atoms with E-state index in [4.69, 9.17) is 0 Å². The lowest BCUT2D eigenvalue weighted by Gasteiger charge is -2.20. The lowest BCUT2D eigenvalue weighted by Crippen LogP contribution is -2.23. The van der Waals surface area contributed by atoms with Crippen molar-refractivity contribution in [2.75, 3.05) is 10.0 Å². The number of rotatable bonds is 6. The summed E-state index contributed by atoms with van der Waals surface area (Å²) >= 11 is 1.28. The van der Waals surface area contributed by atoms with Gasteiger partial charge in [0.2, 0.25) is 15.9 Å². The molecule has 1 saturated carbocycles. The van der Waals surface area contributed by atoms with E-state index in [1.165, 1.54) is 11.3 Å². The minimum atomic E-state index is -3.36. The molecule has 0 radical (unpaired) electrons. The maximum absolute atomic E-state index is 13.0. The van der Waals surface area contributed by atoms with Crippen LogP contribution < -0.4 is 10.0 Å². The van der Waals surface area contributed by atoms with Crippen LogP contribution in [-0.4, -0.2) is 29.5 Å². The van der Waals surface area contributed by atoms with Crippen LogP contribution in [0.15, 0.2) is 48.8 Å². The molecule has 2 N–H and O–H groups in total. The molecule has 1 amide bonds. The Kier molecular flexibility index (Phi) is 5.23. The maximum Gasteiger partial charge on any atom is 0.237 e. The number of aryl methyl sites for hydroxylation is 1. The highest BCUT2D eigenvalue weighted by molar-refractivity contribution is 7.93. The highest BCUT2D eigenvalue weighted by atomic mass is 32.2. The third kappa shape index (κ3) is 4.33. The Morgan fingerprint density at radius 3 is 2.58 bits per heavy atom. The Balaban J connectivity index is 1.30. The first-order valence-corrected chi connectivity index (χ1v) is 12.7. The number of carbonyl (C=O) groups is 1. The van der Waals surface area contributed by atoms with Gasteiger partial charge >= 0.3 is 0 Å². The number of fused-ring (bicyclic) bond motifs is 1. The van der Waals surface area contributed by atoms with Crippen molar-refractivity contribution in [1.82, 2.24) is 9.97 Å². The van der Waals surface area contributed by atoms with Crippen LogP contribution in [0.4, 0.5) is 10.8 Å². The Hall–Kier alpha value is -2.78. The molecule has 1 atom stereocenters. The van der Waals surface area contributed by atoms with Gasteiger partial charge in [0.1, 0.15) is 0 Å². The van der Waals surface area contributed by atoms with Crippen LogP contribution in [0.25, 0.3) is 11.1 Å². The molecule has 160 valence electrons. The number of benzene rings is 1. The normalized spacial score (nSPS) is 18.3. The Morgan fingerprint density at radius 2 is 1.87 bits per heavy atom. The molecule has 9 heteroatoms. The number of sulfonamides is 1. The van der Waals surface area contributed by atoms with Crippen molar-refractivity contribution in [3.63, 3.8) is 0 Å². The second-order valence-corrected chi connectivity index (χ2v) is 10.9. The maximum atomic E-state index is 13.0. The molecule has 2 aliphatic rings. The van der Waals surface area contributed by atoms with E-state index in [9.17, 15) is 13.2 Å². The quantitative estimate of drug-likeness (QED) is 0.582. The van der Waals surface area contributed by atoms with Crippen molar-refractivity contribution in [2.24, 2.45) is 0 Å². The number of nitrogens with zero attached hydrogens (tertiary/aromatic N) is 2. The van der Waals surface area contributed by atoms with Crippen LogP contribution in [0.3, 0.4) is 0 Å². The second kappa shape index (κ2) is 8.05. The summed E-state index contributed by atoms with van der Waals surface area (Å²) in [7, 11) is -3.36. The van der Waals surface area contributed by atoms with Crippen molar-refractivity contribution >= 4 is 38.1 Å². The molecule has 1 unspecified atom stereocenters. The fourth-order valence-corrected chi connectivity index (χ4v) is 6.53. The topological polar surface area (TPSA) is 101 Å². The lowest BCUT2D eigenvalue weighted by atomic mass is 9.91. The van der Waals surface area contributed by atoms with Crippen LogP contribution in [-0.2, 0) is 21.2 Å². The molecule has 7 nitrogen and oxygen atoms in total. The molecule has 0 saturated heterocycles. The molecule has 31 heavy (non-hydrogen) atoms. The van der Waals surface area contributed by atoms with E-state index < -0.39 is 10.0 Å². The molecular weight excluding hydrogens is 432 g/mol. The van der Waals surface area contributed by atoms with E-state index in [0.29, 0.717) is 18.0 Å². The third-order valence-electron chi connectivity index (χ3n) is 5.61. The minimum Gasteiger partial charge on any atom is -0.326 e. The van der Waals surface area contributed by atoms with Gasteiger partial charge in [-0.1, -0.05) is 18.2 Å². The molecule has 2 aliphatic carbocycles. The first kappa shape index (κ1) is 20.1. The molecule has 2 heterocycles. The van der Waals surface area contributed by atoms with E-state index in [1.54, 1.807) is 12.4 Å².